The maximum Gasteiger partial charge on any atom is 0.373 e. The first-order chi connectivity index (χ1) is 11.2. The number of hydrogen-bond donors (Lipinski definition) is 1. The van der Waals surface area contributed by atoms with Crippen molar-refractivity contribution >= 4 is 17.2 Å². The number of aromatic nitrogens is 2. The first kappa shape index (κ1) is 14.8. The van der Waals surface area contributed by atoms with Crippen LogP contribution >= 0.6 is 0 Å². The molecule has 0 atom stereocenters. The van der Waals surface area contributed by atoms with Gasteiger partial charge >= 0.3 is 5.69 Å². The average molecular weight is 318 g/mol. The van der Waals surface area contributed by atoms with E-state index in [1.165, 1.54) is 6.33 Å². The van der Waals surface area contributed by atoms with Gasteiger partial charge in [-0.2, -0.15) is 4.98 Å². The maximum atomic E-state index is 11.3. The summed E-state index contributed by atoms with van der Waals surface area (Å²) in [5.74, 6) is 1.18. The maximum absolute atomic E-state index is 11.3. The highest BCUT2D eigenvalue weighted by Gasteiger charge is 2.24. The fourth-order valence-electron chi connectivity index (χ4n) is 2.12. The molecule has 1 aromatic heterocycles. The molecule has 1 N–H and O–H groups in total. The van der Waals surface area contributed by atoms with Crippen LogP contribution in [0.25, 0.3) is 0 Å². The Balaban J connectivity index is 1.93. The fraction of sp³-hybridized carbons (Fsp3) is 0.286. The molecule has 2 aromatic rings. The van der Waals surface area contributed by atoms with Gasteiger partial charge in [0.25, 0.3) is 5.88 Å². The molecule has 9 nitrogen and oxygen atoms in total. The van der Waals surface area contributed by atoms with Crippen LogP contribution in [0.5, 0.6) is 17.4 Å². The lowest BCUT2D eigenvalue weighted by Gasteiger charge is -2.19. The van der Waals surface area contributed by atoms with Crippen molar-refractivity contribution in [3.05, 3.63) is 34.6 Å². The lowest BCUT2D eigenvalue weighted by molar-refractivity contribution is -0.385. The Kier molecular flexibility index (Phi) is 4.09. The summed E-state index contributed by atoms with van der Waals surface area (Å²) in [6.45, 7) is 2.94. The quantitative estimate of drug-likeness (QED) is 0.660. The first-order valence-corrected chi connectivity index (χ1v) is 6.98. The molecular weight excluding hydrogens is 304 g/mol. The van der Waals surface area contributed by atoms with Crippen molar-refractivity contribution in [3.8, 4) is 17.4 Å². The van der Waals surface area contributed by atoms with Gasteiger partial charge in [0.1, 0.15) is 19.5 Å². The third kappa shape index (κ3) is 3.07. The van der Waals surface area contributed by atoms with Crippen LogP contribution in [-0.4, -0.2) is 34.7 Å². The third-order valence-corrected chi connectivity index (χ3v) is 3.06. The minimum atomic E-state index is -0.578. The topological polar surface area (TPSA) is 109 Å². The number of ether oxygens (including phenoxy) is 3. The highest BCUT2D eigenvalue weighted by atomic mass is 16.6. The minimum Gasteiger partial charge on any atom is -0.486 e. The molecule has 0 aliphatic carbocycles. The normalized spacial score (nSPS) is 12.6. The second-order valence-electron chi connectivity index (χ2n) is 4.55. The molecule has 0 unspecified atom stereocenters. The van der Waals surface area contributed by atoms with Crippen molar-refractivity contribution in [1.29, 1.82) is 0 Å². The number of fused-ring (bicyclic) bond motifs is 1. The summed E-state index contributed by atoms with van der Waals surface area (Å²) in [6, 6.07) is 5.15. The van der Waals surface area contributed by atoms with Gasteiger partial charge in [0.2, 0.25) is 5.82 Å². The third-order valence-electron chi connectivity index (χ3n) is 3.06. The SMILES string of the molecule is CCOc1ncnc(Nc2ccc3c(c2)OCCO3)c1[N+](=O)[O-]. The van der Waals surface area contributed by atoms with Gasteiger partial charge < -0.3 is 19.5 Å². The van der Waals surface area contributed by atoms with Gasteiger partial charge in [-0.15, -0.1) is 0 Å². The fourth-order valence-corrected chi connectivity index (χ4v) is 2.12. The molecule has 0 saturated heterocycles. The molecule has 1 aliphatic heterocycles. The smallest absolute Gasteiger partial charge is 0.373 e. The van der Waals surface area contributed by atoms with Crippen molar-refractivity contribution in [1.82, 2.24) is 9.97 Å². The van der Waals surface area contributed by atoms with Crippen LogP contribution in [0.3, 0.4) is 0 Å². The van der Waals surface area contributed by atoms with Crippen LogP contribution in [0.1, 0.15) is 6.92 Å². The molecule has 120 valence electrons. The molecule has 3 rings (SSSR count). The molecule has 9 heteroatoms. The second kappa shape index (κ2) is 6.34. The molecule has 0 bridgehead atoms. The van der Waals surface area contributed by atoms with E-state index in [2.05, 4.69) is 15.3 Å². The summed E-state index contributed by atoms with van der Waals surface area (Å²) in [5, 5.41) is 14.2. The summed E-state index contributed by atoms with van der Waals surface area (Å²) >= 11 is 0. The van der Waals surface area contributed by atoms with Crippen LogP contribution in [0.4, 0.5) is 17.2 Å². The largest absolute Gasteiger partial charge is 0.486 e. The van der Waals surface area contributed by atoms with Gasteiger partial charge in [0, 0.05) is 11.8 Å². The highest BCUT2D eigenvalue weighted by molar-refractivity contribution is 5.70. The van der Waals surface area contributed by atoms with Crippen molar-refractivity contribution < 1.29 is 19.1 Å². The lowest BCUT2D eigenvalue weighted by Crippen LogP contribution is -2.15. The zero-order valence-electron chi connectivity index (χ0n) is 12.3. The van der Waals surface area contributed by atoms with Crippen LogP contribution in [0, 0.1) is 10.1 Å². The summed E-state index contributed by atoms with van der Waals surface area (Å²) in [4.78, 5) is 18.5. The Hall–Kier alpha value is -3.10. The van der Waals surface area contributed by atoms with Crippen LogP contribution in [0.2, 0.25) is 0 Å². The molecule has 1 aliphatic rings. The zero-order chi connectivity index (χ0) is 16.2. The second-order valence-corrected chi connectivity index (χ2v) is 4.55. The monoisotopic (exact) mass is 318 g/mol. The molecule has 2 heterocycles. The van der Waals surface area contributed by atoms with E-state index < -0.39 is 4.92 Å². The molecular formula is C14H14N4O5. The van der Waals surface area contributed by atoms with Crippen LogP contribution in [0.15, 0.2) is 24.5 Å². The van der Waals surface area contributed by atoms with E-state index in [4.69, 9.17) is 14.2 Å². The number of anilines is 2. The number of hydrogen-bond acceptors (Lipinski definition) is 8. The number of nitro groups is 1. The molecule has 0 radical (unpaired) electrons. The van der Waals surface area contributed by atoms with E-state index in [1.807, 2.05) is 0 Å². The van der Waals surface area contributed by atoms with Gasteiger partial charge in [-0.25, -0.2) is 4.98 Å². The summed E-state index contributed by atoms with van der Waals surface area (Å²) in [6.07, 6.45) is 1.21. The van der Waals surface area contributed by atoms with E-state index in [0.717, 1.165) is 0 Å². The number of nitrogens with one attached hydrogen (secondary N) is 1. The van der Waals surface area contributed by atoms with Gasteiger partial charge in [-0.3, -0.25) is 10.1 Å². The zero-order valence-corrected chi connectivity index (χ0v) is 12.3. The van der Waals surface area contributed by atoms with Gasteiger partial charge in [0.15, 0.2) is 11.5 Å². The Bertz CT molecular complexity index is 737. The Morgan fingerprint density at radius 3 is 2.83 bits per heavy atom. The molecule has 1 aromatic carbocycles. The number of benzene rings is 1. The van der Waals surface area contributed by atoms with Crippen molar-refractivity contribution in [2.24, 2.45) is 0 Å². The van der Waals surface area contributed by atoms with Crippen molar-refractivity contribution in [2.75, 3.05) is 25.1 Å². The van der Waals surface area contributed by atoms with Crippen molar-refractivity contribution in [2.45, 2.75) is 6.92 Å². The van der Waals surface area contributed by atoms with E-state index in [1.54, 1.807) is 25.1 Å². The minimum absolute atomic E-state index is 0.0464. The first-order valence-electron chi connectivity index (χ1n) is 6.98. The number of rotatable bonds is 5. The molecule has 0 fully saturated rings. The molecule has 0 spiro atoms. The van der Waals surface area contributed by atoms with E-state index in [9.17, 15) is 10.1 Å². The van der Waals surface area contributed by atoms with Gasteiger partial charge in [-0.1, -0.05) is 0 Å². The summed E-state index contributed by atoms with van der Waals surface area (Å²) < 4.78 is 16.1. The summed E-state index contributed by atoms with van der Waals surface area (Å²) in [7, 11) is 0. The van der Waals surface area contributed by atoms with Crippen LogP contribution in [-0.2, 0) is 0 Å². The molecule has 0 amide bonds. The van der Waals surface area contributed by atoms with E-state index in [-0.39, 0.29) is 24.0 Å². The Labute approximate surface area is 131 Å². The Morgan fingerprint density at radius 2 is 2.09 bits per heavy atom. The van der Waals surface area contributed by atoms with Gasteiger partial charge in [-0.05, 0) is 19.1 Å². The predicted octanol–water partition coefficient (Wildman–Crippen LogP) is 2.30. The standard InChI is InChI=1S/C14H14N4O5/c1-2-21-14-12(18(19)20)13(15-8-16-14)17-9-3-4-10-11(7-9)23-6-5-22-10/h3-4,7-8H,2,5-6H2,1H3,(H,15,16,17). The number of nitrogens with zero attached hydrogens (tertiary/aromatic N) is 3. The summed E-state index contributed by atoms with van der Waals surface area (Å²) in [5.41, 5.74) is 0.266. The Morgan fingerprint density at radius 1 is 1.30 bits per heavy atom. The molecule has 23 heavy (non-hydrogen) atoms. The van der Waals surface area contributed by atoms with Crippen LogP contribution < -0.4 is 19.5 Å². The predicted molar refractivity (Wildman–Crippen MR) is 80.6 cm³/mol. The average Bonchev–Trinajstić information content (AvgIpc) is 2.55. The van der Waals surface area contributed by atoms with E-state index >= 15 is 0 Å². The van der Waals surface area contributed by atoms with Gasteiger partial charge in [0.05, 0.1) is 11.5 Å². The molecule has 0 saturated carbocycles. The van der Waals surface area contributed by atoms with Crippen molar-refractivity contribution in [3.63, 3.8) is 0 Å². The lowest BCUT2D eigenvalue weighted by atomic mass is 10.2. The van der Waals surface area contributed by atoms with E-state index in [0.29, 0.717) is 30.4 Å². The highest BCUT2D eigenvalue weighted by Crippen LogP contribution is 2.36.